The lowest BCUT2D eigenvalue weighted by atomic mass is 9.68. The maximum absolute atomic E-state index is 3.75. The summed E-state index contributed by atoms with van der Waals surface area (Å²) in [6.07, 6.45) is 0. The molecule has 2 unspecified atom stereocenters. The molecule has 0 heterocycles. The highest BCUT2D eigenvalue weighted by Gasteiger charge is 2.34. The molecule has 1 aliphatic rings. The fraction of sp³-hybridized carbons (Fsp3) is 0.250. The summed E-state index contributed by atoms with van der Waals surface area (Å²) in [7, 11) is 0. The van der Waals surface area contributed by atoms with Crippen molar-refractivity contribution in [3.05, 3.63) is 105 Å². The van der Waals surface area contributed by atoms with Crippen molar-refractivity contribution in [3.8, 4) is 0 Å². The van der Waals surface area contributed by atoms with Gasteiger partial charge in [-0.05, 0) is 51.4 Å². The fourth-order valence-corrected chi connectivity index (χ4v) is 5.50. The summed E-state index contributed by atoms with van der Waals surface area (Å²) < 4.78 is 0. The molecule has 0 spiro atoms. The lowest BCUT2D eigenvalue weighted by molar-refractivity contribution is 0.776. The lowest BCUT2D eigenvalue weighted by Gasteiger charge is -2.36. The van der Waals surface area contributed by atoms with Gasteiger partial charge in [-0.15, -0.1) is 0 Å². The van der Waals surface area contributed by atoms with Crippen LogP contribution in [-0.2, 0) is 10.7 Å². The Morgan fingerprint density at radius 3 is 1.85 bits per heavy atom. The van der Waals surface area contributed by atoms with Gasteiger partial charge in [0.15, 0.2) is 0 Å². The number of aryl methyl sites for hydroxylation is 1. The first-order chi connectivity index (χ1) is 12.7. The van der Waals surface area contributed by atoms with Gasteiger partial charge in [0.05, 0.1) is 0 Å². The zero-order valence-corrected chi connectivity index (χ0v) is 18.3. The van der Waals surface area contributed by atoms with Gasteiger partial charge in [0, 0.05) is 22.5 Å². The predicted octanol–water partition coefficient (Wildman–Crippen LogP) is 7.43. The van der Waals surface area contributed by atoms with E-state index in [-0.39, 0.29) is 0 Å². The minimum absolute atomic E-state index is 0.296. The van der Waals surface area contributed by atoms with E-state index >= 15 is 0 Å². The average molecular weight is 470 g/mol. The van der Waals surface area contributed by atoms with Gasteiger partial charge in [-0.3, -0.25) is 0 Å². The van der Waals surface area contributed by atoms with Gasteiger partial charge in [0.25, 0.3) is 0 Å². The van der Waals surface area contributed by atoms with Crippen molar-refractivity contribution in [1.29, 1.82) is 0 Å². The molecule has 0 aromatic heterocycles. The Morgan fingerprint density at radius 1 is 0.692 bits per heavy atom. The van der Waals surface area contributed by atoms with Crippen LogP contribution >= 0.6 is 31.9 Å². The van der Waals surface area contributed by atoms with Gasteiger partial charge in [0.2, 0.25) is 0 Å². The molecule has 0 amide bonds. The summed E-state index contributed by atoms with van der Waals surface area (Å²) >= 11 is 7.48. The number of alkyl halides is 2. The van der Waals surface area contributed by atoms with Gasteiger partial charge in [-0.1, -0.05) is 99.4 Å². The molecule has 2 heteroatoms. The first-order valence-electron chi connectivity index (χ1n) is 9.08. The van der Waals surface area contributed by atoms with Crippen LogP contribution in [0.5, 0.6) is 0 Å². The number of rotatable bonds is 3. The molecule has 0 fully saturated rings. The second-order valence-corrected chi connectivity index (χ2v) is 8.24. The second kappa shape index (κ2) is 7.32. The van der Waals surface area contributed by atoms with Crippen LogP contribution in [-0.4, -0.2) is 0 Å². The minimum Gasteiger partial charge on any atom is -0.0876 e. The zero-order valence-electron chi connectivity index (χ0n) is 15.1. The van der Waals surface area contributed by atoms with Crippen LogP contribution in [0.1, 0.15) is 63.3 Å². The molecule has 1 aliphatic carbocycles. The molecule has 2 atom stereocenters. The topological polar surface area (TPSA) is 0 Å². The summed E-state index contributed by atoms with van der Waals surface area (Å²) in [6.45, 7) is 4.59. The molecule has 0 nitrogen and oxygen atoms in total. The first-order valence-corrected chi connectivity index (χ1v) is 11.3. The largest absolute Gasteiger partial charge is 0.0876 e. The SMILES string of the molecule is Cc1ccccc1C1c2ccccc2C(C)c2c(CBr)ccc(CBr)c21. The Labute approximate surface area is 172 Å². The molecule has 0 radical (unpaired) electrons. The number of halogens is 2. The molecule has 4 rings (SSSR count). The Hall–Kier alpha value is -1.38. The molecule has 3 aromatic carbocycles. The Kier molecular flexibility index (Phi) is 5.07. The number of hydrogen-bond donors (Lipinski definition) is 0. The predicted molar refractivity (Wildman–Crippen MR) is 118 cm³/mol. The highest BCUT2D eigenvalue weighted by Crippen LogP contribution is 2.49. The van der Waals surface area contributed by atoms with E-state index in [1.54, 1.807) is 0 Å². The minimum atomic E-state index is 0.296. The van der Waals surface area contributed by atoms with E-state index in [4.69, 9.17) is 0 Å². The average Bonchev–Trinajstić information content (AvgIpc) is 2.68. The zero-order chi connectivity index (χ0) is 18.3. The molecule has 0 saturated carbocycles. The molecule has 0 N–H and O–H groups in total. The molecule has 132 valence electrons. The van der Waals surface area contributed by atoms with Crippen LogP contribution in [0.4, 0.5) is 0 Å². The van der Waals surface area contributed by atoms with Crippen LogP contribution in [0.15, 0.2) is 60.7 Å². The van der Waals surface area contributed by atoms with Crippen LogP contribution in [0.25, 0.3) is 0 Å². The van der Waals surface area contributed by atoms with Gasteiger partial charge in [-0.2, -0.15) is 0 Å². The summed E-state index contributed by atoms with van der Waals surface area (Å²) in [4.78, 5) is 0. The smallest absolute Gasteiger partial charge is 0.0351 e. The third-order valence-electron chi connectivity index (χ3n) is 5.75. The van der Waals surface area contributed by atoms with E-state index in [1.807, 2.05) is 0 Å². The summed E-state index contributed by atoms with van der Waals surface area (Å²) in [5.41, 5.74) is 11.5. The molecule has 0 saturated heterocycles. The monoisotopic (exact) mass is 468 g/mol. The molecule has 3 aromatic rings. The van der Waals surface area contributed by atoms with Crippen molar-refractivity contribution in [2.45, 2.75) is 36.3 Å². The molecule has 26 heavy (non-hydrogen) atoms. The highest BCUT2D eigenvalue weighted by atomic mass is 79.9. The summed E-state index contributed by atoms with van der Waals surface area (Å²) in [5.74, 6) is 0.707. The second-order valence-electron chi connectivity index (χ2n) is 7.12. The van der Waals surface area contributed by atoms with Crippen molar-refractivity contribution in [3.63, 3.8) is 0 Å². The van der Waals surface area contributed by atoms with Crippen LogP contribution < -0.4 is 0 Å². The Morgan fingerprint density at radius 2 is 1.23 bits per heavy atom. The van der Waals surface area contributed by atoms with Crippen LogP contribution in [0.2, 0.25) is 0 Å². The van der Waals surface area contributed by atoms with Gasteiger partial charge in [-0.25, -0.2) is 0 Å². The van der Waals surface area contributed by atoms with E-state index in [1.165, 1.54) is 44.5 Å². The third-order valence-corrected chi connectivity index (χ3v) is 6.96. The number of hydrogen-bond acceptors (Lipinski definition) is 0. The maximum Gasteiger partial charge on any atom is 0.0351 e. The van der Waals surface area contributed by atoms with Crippen molar-refractivity contribution in [2.75, 3.05) is 0 Å². The van der Waals surface area contributed by atoms with E-state index in [9.17, 15) is 0 Å². The quantitative estimate of drug-likeness (QED) is 0.350. The van der Waals surface area contributed by atoms with E-state index < -0.39 is 0 Å². The lowest BCUT2D eigenvalue weighted by Crippen LogP contribution is -2.21. The summed E-state index contributed by atoms with van der Waals surface area (Å²) in [6, 6.07) is 22.4. The maximum atomic E-state index is 3.75. The van der Waals surface area contributed by atoms with E-state index in [2.05, 4.69) is 106 Å². The Balaban J connectivity index is 2.10. The van der Waals surface area contributed by atoms with Crippen molar-refractivity contribution >= 4 is 31.9 Å². The number of benzene rings is 3. The standard InChI is InChI=1S/C24H22Br2/c1-15-7-3-4-8-19(15)24-21-10-6-5-9-20(21)16(2)22-17(13-25)11-12-18(14-26)23(22)24/h3-12,16,24H,13-14H2,1-2H3. The van der Waals surface area contributed by atoms with Crippen LogP contribution in [0, 0.1) is 6.92 Å². The van der Waals surface area contributed by atoms with Crippen molar-refractivity contribution in [1.82, 2.24) is 0 Å². The highest BCUT2D eigenvalue weighted by molar-refractivity contribution is 9.08. The molecule has 0 bridgehead atoms. The molecular weight excluding hydrogens is 448 g/mol. The van der Waals surface area contributed by atoms with Gasteiger partial charge in [0.1, 0.15) is 0 Å². The Bertz CT molecular complexity index is 958. The molecular formula is C24H22Br2. The van der Waals surface area contributed by atoms with E-state index in [0.717, 1.165) is 10.7 Å². The van der Waals surface area contributed by atoms with Crippen LogP contribution in [0.3, 0.4) is 0 Å². The fourth-order valence-electron chi connectivity index (χ4n) is 4.52. The summed E-state index contributed by atoms with van der Waals surface area (Å²) in [5, 5.41) is 1.78. The normalized spacial score (nSPS) is 18.3. The van der Waals surface area contributed by atoms with Gasteiger partial charge < -0.3 is 0 Å². The molecule has 0 aliphatic heterocycles. The van der Waals surface area contributed by atoms with Crippen molar-refractivity contribution < 1.29 is 0 Å². The van der Waals surface area contributed by atoms with E-state index in [0.29, 0.717) is 11.8 Å². The third kappa shape index (κ3) is 2.78. The van der Waals surface area contributed by atoms with Crippen molar-refractivity contribution in [2.24, 2.45) is 0 Å². The first kappa shape index (κ1) is 18.0. The number of fused-ring (bicyclic) bond motifs is 2. The van der Waals surface area contributed by atoms with Gasteiger partial charge >= 0.3 is 0 Å².